The summed E-state index contributed by atoms with van der Waals surface area (Å²) in [6, 6.07) is 5.47. The SMILES string of the molecule is Cc1cc(C)c(-c2cc(SCCC(=O)CC(O)CCCNC(=O)OC(C)(C)C)nc(N)n2)cc1C(=O)OC(C)(C)C. The van der Waals surface area contributed by atoms with Gasteiger partial charge in [0, 0.05) is 30.7 Å². The Bertz CT molecular complexity index is 1240. The van der Waals surface area contributed by atoms with Crippen LogP contribution in [-0.2, 0) is 14.3 Å². The Labute approximate surface area is 247 Å². The van der Waals surface area contributed by atoms with Crippen LogP contribution in [0.2, 0.25) is 0 Å². The number of aryl methyl sites for hydroxylation is 2. The van der Waals surface area contributed by atoms with E-state index in [1.807, 2.05) is 40.7 Å². The summed E-state index contributed by atoms with van der Waals surface area (Å²) >= 11 is 1.37. The number of aromatic nitrogens is 2. The quantitative estimate of drug-likeness (QED) is 0.127. The fourth-order valence-electron chi connectivity index (χ4n) is 3.91. The van der Waals surface area contributed by atoms with Crippen LogP contribution in [0, 0.1) is 13.8 Å². The molecule has 0 aliphatic carbocycles. The molecule has 0 bridgehead atoms. The van der Waals surface area contributed by atoms with E-state index in [9.17, 15) is 19.5 Å². The van der Waals surface area contributed by atoms with Crippen LogP contribution >= 0.6 is 11.8 Å². The predicted molar refractivity (Wildman–Crippen MR) is 161 cm³/mol. The standard InChI is InChI=1S/C30H44N4O6S/c1-18-14-19(2)23(26(37)39-29(3,4)5)16-22(18)24-17-25(34-27(31)33-24)41-13-11-21(36)15-20(35)10-9-12-32-28(38)40-30(6,7)8/h14,16-17,20,35H,9-13,15H2,1-8H3,(H,32,38)(H2,31,33,34). The molecule has 11 heteroatoms. The zero-order valence-corrected chi connectivity index (χ0v) is 26.2. The van der Waals surface area contributed by atoms with E-state index in [0.29, 0.717) is 41.4 Å². The Morgan fingerprint density at radius 2 is 1.66 bits per heavy atom. The van der Waals surface area contributed by atoms with Crippen molar-refractivity contribution in [2.75, 3.05) is 18.0 Å². The van der Waals surface area contributed by atoms with Crippen molar-refractivity contribution < 1.29 is 29.0 Å². The summed E-state index contributed by atoms with van der Waals surface area (Å²) in [6.07, 6.45) is -0.0716. The predicted octanol–water partition coefficient (Wildman–Crippen LogP) is 5.41. The second-order valence-electron chi connectivity index (χ2n) is 12.0. The van der Waals surface area contributed by atoms with Gasteiger partial charge in [-0.25, -0.2) is 19.6 Å². The molecule has 0 aliphatic heterocycles. The summed E-state index contributed by atoms with van der Waals surface area (Å²) in [5.74, 6) is 0.0691. The normalized spacial score (nSPS) is 12.5. The van der Waals surface area contributed by atoms with Crippen LogP contribution in [0.4, 0.5) is 10.7 Å². The lowest BCUT2D eigenvalue weighted by Crippen LogP contribution is -2.33. The van der Waals surface area contributed by atoms with Crippen molar-refractivity contribution in [3.63, 3.8) is 0 Å². The third kappa shape index (κ3) is 12.5. The molecule has 1 unspecified atom stereocenters. The molecule has 0 radical (unpaired) electrons. The van der Waals surface area contributed by atoms with Crippen LogP contribution in [-0.4, -0.2) is 62.5 Å². The highest BCUT2D eigenvalue weighted by Gasteiger charge is 2.21. The Hall–Kier alpha value is -3.18. The highest BCUT2D eigenvalue weighted by atomic mass is 32.2. The molecule has 10 nitrogen and oxygen atoms in total. The van der Waals surface area contributed by atoms with Crippen molar-refractivity contribution in [2.45, 2.75) is 103 Å². The average molecular weight is 589 g/mol. The number of nitrogens with zero attached hydrogens (tertiary/aromatic N) is 2. The number of anilines is 1. The highest BCUT2D eigenvalue weighted by molar-refractivity contribution is 7.99. The molecule has 4 N–H and O–H groups in total. The molecule has 0 saturated heterocycles. The molecule has 0 aliphatic rings. The van der Waals surface area contributed by atoms with E-state index in [1.54, 1.807) is 32.9 Å². The molecular weight excluding hydrogens is 544 g/mol. The zero-order chi connectivity index (χ0) is 31.0. The van der Waals surface area contributed by atoms with E-state index >= 15 is 0 Å². The molecule has 226 valence electrons. The van der Waals surface area contributed by atoms with E-state index in [2.05, 4.69) is 15.3 Å². The fourth-order valence-corrected chi connectivity index (χ4v) is 4.81. The zero-order valence-electron chi connectivity index (χ0n) is 25.4. The number of esters is 1. The Kier molecular flexibility index (Phi) is 12.1. The molecule has 0 saturated carbocycles. The average Bonchev–Trinajstić information content (AvgIpc) is 2.79. The first-order valence-electron chi connectivity index (χ1n) is 13.7. The van der Waals surface area contributed by atoms with E-state index < -0.39 is 29.4 Å². The summed E-state index contributed by atoms with van der Waals surface area (Å²) < 4.78 is 10.7. The lowest BCUT2D eigenvalue weighted by molar-refractivity contribution is -0.120. The number of benzene rings is 1. The number of thioether (sulfide) groups is 1. The molecule has 0 spiro atoms. The van der Waals surface area contributed by atoms with Gasteiger partial charge in [-0.05, 0) is 91.5 Å². The topological polar surface area (TPSA) is 154 Å². The molecule has 1 aromatic heterocycles. The summed E-state index contributed by atoms with van der Waals surface area (Å²) in [7, 11) is 0. The minimum Gasteiger partial charge on any atom is -0.456 e. The minimum atomic E-state index is -0.780. The Morgan fingerprint density at radius 1 is 1.00 bits per heavy atom. The van der Waals surface area contributed by atoms with Gasteiger partial charge in [-0.3, -0.25) is 4.79 Å². The van der Waals surface area contributed by atoms with Gasteiger partial charge in [-0.15, -0.1) is 11.8 Å². The summed E-state index contributed by atoms with van der Waals surface area (Å²) in [4.78, 5) is 45.5. The van der Waals surface area contributed by atoms with Crippen LogP contribution in [0.25, 0.3) is 11.3 Å². The fraction of sp³-hybridized carbons (Fsp3) is 0.567. The third-order valence-electron chi connectivity index (χ3n) is 5.66. The minimum absolute atomic E-state index is 0.0418. The number of amides is 1. The maximum atomic E-state index is 12.8. The molecule has 2 rings (SSSR count). The maximum absolute atomic E-state index is 12.8. The summed E-state index contributed by atoms with van der Waals surface area (Å²) in [5.41, 5.74) is 8.31. The van der Waals surface area contributed by atoms with E-state index in [1.165, 1.54) is 11.8 Å². The number of aliphatic hydroxyl groups excluding tert-OH is 1. The van der Waals surface area contributed by atoms with Crippen molar-refractivity contribution in [3.8, 4) is 11.3 Å². The molecular formula is C30H44N4O6S. The molecule has 0 fully saturated rings. The Balaban J connectivity index is 1.93. The number of aliphatic hydroxyl groups is 1. The number of nitrogens with two attached hydrogens (primary N) is 1. The largest absolute Gasteiger partial charge is 0.456 e. The number of nitrogen functional groups attached to an aromatic ring is 1. The number of carbonyl (C=O) groups is 3. The number of ketones is 1. The number of rotatable bonds is 12. The van der Waals surface area contributed by atoms with Crippen LogP contribution in [0.3, 0.4) is 0 Å². The monoisotopic (exact) mass is 588 g/mol. The molecule has 1 amide bonds. The van der Waals surface area contributed by atoms with Gasteiger partial charge in [-0.1, -0.05) is 6.07 Å². The first-order chi connectivity index (χ1) is 18.9. The highest BCUT2D eigenvalue weighted by Crippen LogP contribution is 2.30. The summed E-state index contributed by atoms with van der Waals surface area (Å²) in [5, 5.41) is 13.5. The lowest BCUT2D eigenvalue weighted by atomic mass is 9.97. The molecule has 1 aromatic carbocycles. The second kappa shape index (κ2) is 14.6. The van der Waals surface area contributed by atoms with Gasteiger partial charge in [0.15, 0.2) is 0 Å². The van der Waals surface area contributed by atoms with Crippen molar-refractivity contribution in [1.29, 1.82) is 0 Å². The summed E-state index contributed by atoms with van der Waals surface area (Å²) in [6.45, 7) is 15.0. The second-order valence-corrected chi connectivity index (χ2v) is 13.1. The number of ether oxygens (including phenoxy) is 2. The van der Waals surface area contributed by atoms with Gasteiger partial charge in [-0.2, -0.15) is 0 Å². The molecule has 1 atom stereocenters. The number of nitrogens with one attached hydrogen (secondary N) is 1. The van der Waals surface area contributed by atoms with Crippen LogP contribution in [0.1, 0.15) is 88.7 Å². The third-order valence-corrected chi connectivity index (χ3v) is 6.58. The van der Waals surface area contributed by atoms with Gasteiger partial charge in [0.2, 0.25) is 5.95 Å². The first-order valence-corrected chi connectivity index (χ1v) is 14.7. The Morgan fingerprint density at radius 3 is 2.29 bits per heavy atom. The van der Waals surface area contributed by atoms with Crippen molar-refractivity contribution in [1.82, 2.24) is 15.3 Å². The number of Topliss-reactive ketones (excluding diaryl/α,β-unsaturated/α-hetero) is 1. The van der Waals surface area contributed by atoms with E-state index in [4.69, 9.17) is 15.2 Å². The number of alkyl carbamates (subject to hydrolysis) is 1. The van der Waals surface area contributed by atoms with Gasteiger partial charge >= 0.3 is 12.1 Å². The number of hydrogen-bond donors (Lipinski definition) is 3. The number of carbonyl (C=O) groups excluding carboxylic acids is 3. The van der Waals surface area contributed by atoms with Crippen LogP contribution in [0.15, 0.2) is 23.2 Å². The van der Waals surface area contributed by atoms with Gasteiger partial charge in [0.1, 0.15) is 22.0 Å². The maximum Gasteiger partial charge on any atom is 0.407 e. The van der Waals surface area contributed by atoms with Gasteiger partial charge in [0.05, 0.1) is 17.4 Å². The van der Waals surface area contributed by atoms with Crippen LogP contribution in [0.5, 0.6) is 0 Å². The van der Waals surface area contributed by atoms with E-state index in [0.717, 1.165) is 16.7 Å². The first kappa shape index (κ1) is 34.0. The van der Waals surface area contributed by atoms with E-state index in [-0.39, 0.29) is 24.6 Å². The smallest absolute Gasteiger partial charge is 0.407 e. The lowest BCUT2D eigenvalue weighted by Gasteiger charge is -2.21. The van der Waals surface area contributed by atoms with Crippen molar-refractivity contribution in [2.24, 2.45) is 0 Å². The molecule has 41 heavy (non-hydrogen) atoms. The molecule has 2 aromatic rings. The van der Waals surface area contributed by atoms with Crippen molar-refractivity contribution in [3.05, 3.63) is 34.9 Å². The van der Waals surface area contributed by atoms with Gasteiger partial charge in [0.25, 0.3) is 0 Å². The van der Waals surface area contributed by atoms with Crippen molar-refractivity contribution >= 4 is 35.6 Å². The van der Waals surface area contributed by atoms with Gasteiger partial charge < -0.3 is 25.6 Å². The van der Waals surface area contributed by atoms with Crippen LogP contribution < -0.4 is 11.1 Å². The molecule has 1 heterocycles. The number of hydrogen-bond acceptors (Lipinski definition) is 10.